The van der Waals surface area contributed by atoms with E-state index in [9.17, 15) is 14.6 Å². The Morgan fingerprint density at radius 2 is 2.04 bits per heavy atom. The summed E-state index contributed by atoms with van der Waals surface area (Å²) in [6, 6.07) is 4.91. The van der Waals surface area contributed by atoms with Crippen LogP contribution in [0.3, 0.4) is 0 Å². The average molecular weight is 316 g/mol. The normalized spacial score (nSPS) is 27.5. The highest BCUT2D eigenvalue weighted by atomic mass is 19.1. The first-order chi connectivity index (χ1) is 11.1. The van der Waals surface area contributed by atoms with Gasteiger partial charge in [0.15, 0.2) is 0 Å². The van der Waals surface area contributed by atoms with Gasteiger partial charge >= 0.3 is 0 Å². The monoisotopic (exact) mass is 316 g/mol. The van der Waals surface area contributed by atoms with Gasteiger partial charge in [-0.1, -0.05) is 12.1 Å². The molecule has 2 heterocycles. The van der Waals surface area contributed by atoms with E-state index in [-0.39, 0.29) is 23.9 Å². The highest BCUT2D eigenvalue weighted by Gasteiger charge is 2.35. The smallest absolute Gasteiger partial charge is 0.129 e. The number of fused-ring (bicyclic) bond motifs is 3. The second-order valence-corrected chi connectivity index (χ2v) is 6.77. The summed E-state index contributed by atoms with van der Waals surface area (Å²) >= 11 is 0. The van der Waals surface area contributed by atoms with Crippen LogP contribution in [0.2, 0.25) is 0 Å². The minimum Gasteiger partial charge on any atom is -0.393 e. The number of aliphatic hydroxyl groups excluding tert-OH is 2. The van der Waals surface area contributed by atoms with Crippen LogP contribution in [0.15, 0.2) is 30.7 Å². The van der Waals surface area contributed by atoms with E-state index >= 15 is 0 Å². The van der Waals surface area contributed by atoms with Gasteiger partial charge in [0, 0.05) is 11.1 Å². The van der Waals surface area contributed by atoms with E-state index in [1.54, 1.807) is 18.6 Å². The minimum absolute atomic E-state index is 0.182. The van der Waals surface area contributed by atoms with Gasteiger partial charge < -0.3 is 14.8 Å². The molecule has 5 heteroatoms. The summed E-state index contributed by atoms with van der Waals surface area (Å²) in [5.41, 5.74) is 2.45. The summed E-state index contributed by atoms with van der Waals surface area (Å²) in [6.07, 6.45) is 6.38. The molecule has 2 aromatic rings. The van der Waals surface area contributed by atoms with Crippen molar-refractivity contribution in [2.45, 2.75) is 50.4 Å². The zero-order valence-electron chi connectivity index (χ0n) is 12.9. The second kappa shape index (κ2) is 5.73. The molecule has 0 saturated heterocycles. The third kappa shape index (κ3) is 2.48. The number of hydrogen-bond donors (Lipinski definition) is 2. The summed E-state index contributed by atoms with van der Waals surface area (Å²) < 4.78 is 16.3. The van der Waals surface area contributed by atoms with Crippen molar-refractivity contribution in [1.82, 2.24) is 9.55 Å². The van der Waals surface area contributed by atoms with Crippen LogP contribution in [0.25, 0.3) is 11.3 Å². The Morgan fingerprint density at radius 3 is 2.83 bits per heavy atom. The largest absolute Gasteiger partial charge is 0.393 e. The van der Waals surface area contributed by atoms with Crippen LogP contribution < -0.4 is 0 Å². The molecule has 1 aliphatic heterocycles. The zero-order chi connectivity index (χ0) is 16.0. The molecular formula is C18H21FN2O2. The molecule has 1 fully saturated rings. The lowest BCUT2D eigenvalue weighted by Crippen LogP contribution is -2.29. The first kappa shape index (κ1) is 14.8. The van der Waals surface area contributed by atoms with Crippen molar-refractivity contribution in [2.75, 3.05) is 0 Å². The van der Waals surface area contributed by atoms with Gasteiger partial charge in [-0.25, -0.2) is 9.37 Å². The van der Waals surface area contributed by atoms with Crippen molar-refractivity contribution >= 4 is 0 Å². The third-order valence-electron chi connectivity index (χ3n) is 5.41. The van der Waals surface area contributed by atoms with Crippen LogP contribution in [-0.2, 0) is 0 Å². The van der Waals surface area contributed by atoms with Gasteiger partial charge in [0.1, 0.15) is 5.82 Å². The standard InChI is InChI=1S/C18H21FN2O2/c19-14-3-1-2-13-16-9-20-10-21(16)15(18(13)14)8-17(23)11-4-6-12(22)7-5-11/h1-3,9-12,15,17,22-23H,4-8H2/t11?,12?,15?,17-/m0/s1. The van der Waals surface area contributed by atoms with E-state index in [4.69, 9.17) is 0 Å². The van der Waals surface area contributed by atoms with Gasteiger partial charge in [-0.05, 0) is 44.1 Å². The molecule has 122 valence electrons. The lowest BCUT2D eigenvalue weighted by atomic mass is 9.81. The zero-order valence-corrected chi connectivity index (χ0v) is 12.9. The predicted octanol–water partition coefficient (Wildman–Crippen LogP) is 2.89. The topological polar surface area (TPSA) is 58.3 Å². The molecule has 1 saturated carbocycles. The Morgan fingerprint density at radius 1 is 1.26 bits per heavy atom. The highest BCUT2D eigenvalue weighted by molar-refractivity contribution is 5.69. The van der Waals surface area contributed by atoms with Crippen molar-refractivity contribution in [1.29, 1.82) is 0 Å². The van der Waals surface area contributed by atoms with E-state index in [0.29, 0.717) is 12.0 Å². The summed E-state index contributed by atoms with van der Waals surface area (Å²) in [5.74, 6) is -0.0383. The summed E-state index contributed by atoms with van der Waals surface area (Å²) in [7, 11) is 0. The minimum atomic E-state index is -0.492. The second-order valence-electron chi connectivity index (χ2n) is 6.77. The van der Waals surface area contributed by atoms with Crippen LogP contribution in [0, 0.1) is 11.7 Å². The Kier molecular flexibility index (Phi) is 3.70. The number of nitrogens with zero attached hydrogens (tertiary/aromatic N) is 2. The van der Waals surface area contributed by atoms with E-state index in [0.717, 1.165) is 36.9 Å². The maximum absolute atomic E-state index is 14.4. The number of imidazole rings is 1. The molecular weight excluding hydrogens is 295 g/mol. The van der Waals surface area contributed by atoms with Gasteiger partial charge in [-0.2, -0.15) is 0 Å². The fourth-order valence-corrected chi connectivity index (χ4v) is 4.14. The van der Waals surface area contributed by atoms with E-state index < -0.39 is 6.10 Å². The fourth-order valence-electron chi connectivity index (χ4n) is 4.14. The van der Waals surface area contributed by atoms with Crippen molar-refractivity contribution in [3.63, 3.8) is 0 Å². The molecule has 1 aromatic carbocycles. The molecule has 1 unspecified atom stereocenters. The SMILES string of the molecule is OC1CCC([C@@H](O)CC2c3c(F)cccc3-c3cncn32)CC1. The Hall–Kier alpha value is -1.72. The Labute approximate surface area is 134 Å². The van der Waals surface area contributed by atoms with Crippen LogP contribution in [0.1, 0.15) is 43.7 Å². The van der Waals surface area contributed by atoms with Crippen molar-refractivity contribution in [2.24, 2.45) is 5.92 Å². The number of halogens is 1. The lowest BCUT2D eigenvalue weighted by molar-refractivity contribution is 0.0328. The Bertz CT molecular complexity index is 707. The van der Waals surface area contributed by atoms with E-state index in [2.05, 4.69) is 4.98 Å². The van der Waals surface area contributed by atoms with Crippen molar-refractivity contribution in [3.05, 3.63) is 42.1 Å². The molecule has 0 radical (unpaired) electrons. The Balaban J connectivity index is 1.60. The molecule has 0 bridgehead atoms. The van der Waals surface area contributed by atoms with E-state index in [1.165, 1.54) is 6.07 Å². The van der Waals surface area contributed by atoms with Gasteiger partial charge in [0.25, 0.3) is 0 Å². The molecule has 1 aliphatic carbocycles. The lowest BCUT2D eigenvalue weighted by Gasteiger charge is -2.31. The molecule has 2 atom stereocenters. The van der Waals surface area contributed by atoms with Gasteiger partial charge in [0.05, 0.1) is 36.5 Å². The number of hydrogen-bond acceptors (Lipinski definition) is 3. The summed E-state index contributed by atoms with van der Waals surface area (Å²) in [5, 5.41) is 20.3. The van der Waals surface area contributed by atoms with Crippen LogP contribution >= 0.6 is 0 Å². The summed E-state index contributed by atoms with van der Waals surface area (Å²) in [4.78, 5) is 4.18. The number of benzene rings is 1. The average Bonchev–Trinajstić information content (AvgIpc) is 3.12. The van der Waals surface area contributed by atoms with Crippen LogP contribution in [0.5, 0.6) is 0 Å². The molecule has 23 heavy (non-hydrogen) atoms. The molecule has 1 aromatic heterocycles. The predicted molar refractivity (Wildman–Crippen MR) is 84.3 cm³/mol. The third-order valence-corrected chi connectivity index (χ3v) is 5.41. The van der Waals surface area contributed by atoms with Gasteiger partial charge in [-0.3, -0.25) is 0 Å². The molecule has 4 nitrogen and oxygen atoms in total. The highest BCUT2D eigenvalue weighted by Crippen LogP contribution is 2.43. The van der Waals surface area contributed by atoms with Crippen LogP contribution in [-0.4, -0.2) is 32.0 Å². The summed E-state index contributed by atoms with van der Waals surface area (Å²) in [6.45, 7) is 0. The molecule has 2 aliphatic rings. The van der Waals surface area contributed by atoms with Crippen molar-refractivity contribution in [3.8, 4) is 11.3 Å². The molecule has 0 amide bonds. The van der Waals surface area contributed by atoms with Gasteiger partial charge in [-0.15, -0.1) is 0 Å². The number of rotatable bonds is 3. The first-order valence-electron chi connectivity index (χ1n) is 8.32. The maximum atomic E-state index is 14.4. The van der Waals surface area contributed by atoms with Gasteiger partial charge in [0.2, 0.25) is 0 Å². The maximum Gasteiger partial charge on any atom is 0.129 e. The molecule has 2 N–H and O–H groups in total. The van der Waals surface area contributed by atoms with E-state index in [1.807, 2.05) is 10.6 Å². The fraction of sp³-hybridized carbons (Fsp3) is 0.500. The molecule has 4 rings (SSSR count). The van der Waals surface area contributed by atoms with Crippen molar-refractivity contribution < 1.29 is 14.6 Å². The molecule has 0 spiro atoms. The van der Waals surface area contributed by atoms with Crippen LogP contribution in [0.4, 0.5) is 4.39 Å². The number of aliphatic hydroxyl groups is 2. The first-order valence-corrected chi connectivity index (χ1v) is 8.32. The quantitative estimate of drug-likeness (QED) is 0.915. The number of aromatic nitrogens is 2.